The minimum atomic E-state index is -1.75. The third-order valence-corrected chi connectivity index (χ3v) is 3.78. The zero-order valence-corrected chi connectivity index (χ0v) is 16.3. The number of nitrogens with zero attached hydrogens (tertiary/aromatic N) is 2. The number of quaternary nitrogens is 2. The third-order valence-electron chi connectivity index (χ3n) is 3.78. The molecule has 0 spiro atoms. The van der Waals surface area contributed by atoms with Crippen LogP contribution in [-0.4, -0.2) is 33.5 Å². The molecule has 166 valence electrons. The summed E-state index contributed by atoms with van der Waals surface area (Å²) in [5, 5.41) is 53.3. The normalized spacial score (nSPS) is 9.47. The van der Waals surface area contributed by atoms with Crippen LogP contribution in [0, 0.1) is 30.6 Å². The van der Waals surface area contributed by atoms with Crippen molar-refractivity contribution in [3.8, 4) is 11.5 Å². The van der Waals surface area contributed by atoms with Gasteiger partial charge in [-0.15, -0.1) is 0 Å². The molecule has 0 saturated heterocycles. The molecule has 6 N–H and O–H groups in total. The maximum absolute atomic E-state index is 9.67. The maximum Gasteiger partial charge on any atom is 0.124 e. The lowest BCUT2D eigenvalue weighted by Crippen LogP contribution is -2.84. The van der Waals surface area contributed by atoms with Crippen LogP contribution in [0.1, 0.15) is 24.0 Å². The van der Waals surface area contributed by atoms with Crippen LogP contribution in [0.3, 0.4) is 0 Å². The van der Waals surface area contributed by atoms with E-state index in [1.165, 1.54) is 0 Å². The molecule has 0 aliphatic rings. The quantitative estimate of drug-likeness (QED) is 0.247. The Morgan fingerprint density at radius 3 is 1.27 bits per heavy atom. The molecule has 0 amide bonds. The first-order chi connectivity index (χ1) is 14.2. The summed E-state index contributed by atoms with van der Waals surface area (Å²) in [7, 11) is 0. The van der Waals surface area contributed by atoms with Gasteiger partial charge in [-0.25, -0.2) is 0 Å². The van der Waals surface area contributed by atoms with Gasteiger partial charge in [0.15, 0.2) is 0 Å². The summed E-state index contributed by atoms with van der Waals surface area (Å²) in [6.07, 6.45) is 2.32. The Bertz CT molecular complexity index is 689. The Kier molecular flexibility index (Phi) is 14.3. The van der Waals surface area contributed by atoms with E-state index in [0.29, 0.717) is 11.5 Å². The summed E-state index contributed by atoms with van der Waals surface area (Å²) in [6, 6.07) is 15.0. The smallest absolute Gasteiger partial charge is 0.124 e. The molecule has 0 aromatic heterocycles. The minimum Gasteiger partial charge on any atom is -0.507 e. The Morgan fingerprint density at radius 2 is 0.967 bits per heavy atom. The fourth-order valence-electron chi connectivity index (χ4n) is 2.46. The van der Waals surface area contributed by atoms with Crippen molar-refractivity contribution in [2.24, 2.45) is 0 Å². The van der Waals surface area contributed by atoms with E-state index in [1.54, 1.807) is 12.1 Å². The van der Waals surface area contributed by atoms with Crippen LogP contribution in [0.25, 0.3) is 0 Å². The lowest BCUT2D eigenvalue weighted by atomic mass is 10.2. The summed E-state index contributed by atoms with van der Waals surface area (Å²) >= 11 is 0. The van der Waals surface area contributed by atoms with Gasteiger partial charge >= 0.3 is 0 Å². The molecule has 30 heavy (non-hydrogen) atoms. The van der Waals surface area contributed by atoms with Gasteiger partial charge < -0.3 is 51.5 Å². The number of rotatable bonds is 9. The molecule has 0 heterocycles. The lowest BCUT2D eigenvalue weighted by molar-refractivity contribution is -0.680. The summed E-state index contributed by atoms with van der Waals surface area (Å²) in [5.41, 5.74) is 1.99. The van der Waals surface area contributed by atoms with Crippen LogP contribution < -0.4 is 10.6 Å². The Hall–Kier alpha value is -3.64. The monoisotopic (exact) mass is 426 g/mol. The van der Waals surface area contributed by atoms with E-state index in [1.807, 2.05) is 36.4 Å². The van der Waals surface area contributed by atoms with Gasteiger partial charge in [0.1, 0.15) is 24.6 Å². The minimum absolute atomic E-state index is 0.384. The van der Waals surface area contributed by atoms with Gasteiger partial charge in [-0.3, -0.25) is 0 Å². The van der Waals surface area contributed by atoms with Crippen LogP contribution in [0.5, 0.6) is 11.5 Å². The summed E-state index contributed by atoms with van der Waals surface area (Å²) in [4.78, 5) is 16.5. The van der Waals surface area contributed by atoms with E-state index < -0.39 is 10.2 Å². The Morgan fingerprint density at radius 1 is 0.667 bits per heavy atom. The number of benzene rings is 2. The highest BCUT2D eigenvalue weighted by Gasteiger charge is 2.03. The standard InChI is InChI=1S/C18H24N2O2.2NO3/c21-17-9-3-1-7-15(17)13-19-11-5-6-12-20-14-16-8-2-4-10-18(16)22;2*2-1(3)4/h1-4,7-10,19-22H,5-6,11-14H2;;/q;2*-1/p+2. The molecule has 0 bridgehead atoms. The number of nitrogens with two attached hydrogens (primary N) is 2. The Balaban J connectivity index is 0.000000901. The fraction of sp³-hybridized carbons (Fsp3) is 0.333. The molecule has 0 aliphatic heterocycles. The second-order valence-corrected chi connectivity index (χ2v) is 5.97. The van der Waals surface area contributed by atoms with Crippen LogP contribution in [0.4, 0.5) is 0 Å². The van der Waals surface area contributed by atoms with Crippen LogP contribution in [0.2, 0.25) is 0 Å². The number of para-hydroxylation sites is 2. The first-order valence-electron chi connectivity index (χ1n) is 9.04. The third kappa shape index (κ3) is 15.4. The maximum atomic E-state index is 9.67. The summed E-state index contributed by atoms with van der Waals surface area (Å²) < 4.78 is 0. The largest absolute Gasteiger partial charge is 0.507 e. The van der Waals surface area contributed by atoms with Gasteiger partial charge in [0.05, 0.1) is 23.3 Å². The topological polar surface area (TPSA) is 206 Å². The molecule has 2 aromatic rings. The molecular formula is C18H26N4O8. The van der Waals surface area contributed by atoms with Crippen molar-refractivity contribution in [2.75, 3.05) is 13.1 Å². The number of unbranched alkanes of at least 4 members (excludes halogenated alkanes) is 1. The van der Waals surface area contributed by atoms with Gasteiger partial charge in [0, 0.05) is 24.0 Å². The zero-order chi connectivity index (χ0) is 22.8. The number of aromatic hydroxyl groups is 2. The van der Waals surface area contributed by atoms with Crippen LogP contribution in [-0.2, 0) is 13.1 Å². The van der Waals surface area contributed by atoms with Crippen molar-refractivity contribution < 1.29 is 31.0 Å². The highest BCUT2D eigenvalue weighted by atomic mass is 16.9. The van der Waals surface area contributed by atoms with Crippen molar-refractivity contribution >= 4 is 0 Å². The van der Waals surface area contributed by atoms with E-state index in [9.17, 15) is 10.2 Å². The van der Waals surface area contributed by atoms with Gasteiger partial charge in [0.2, 0.25) is 0 Å². The van der Waals surface area contributed by atoms with E-state index in [4.69, 9.17) is 30.6 Å². The second-order valence-electron chi connectivity index (χ2n) is 5.97. The molecule has 0 saturated carbocycles. The van der Waals surface area contributed by atoms with Gasteiger partial charge in [-0.1, -0.05) is 24.3 Å². The molecule has 12 nitrogen and oxygen atoms in total. The molecule has 2 rings (SSSR count). The first-order valence-corrected chi connectivity index (χ1v) is 9.04. The molecule has 0 atom stereocenters. The van der Waals surface area contributed by atoms with Gasteiger partial charge in [0.25, 0.3) is 0 Å². The number of hydrogen-bond donors (Lipinski definition) is 4. The van der Waals surface area contributed by atoms with Crippen LogP contribution in [0.15, 0.2) is 48.5 Å². The first kappa shape index (κ1) is 26.4. The zero-order valence-electron chi connectivity index (χ0n) is 16.3. The van der Waals surface area contributed by atoms with E-state index in [2.05, 4.69) is 10.6 Å². The van der Waals surface area contributed by atoms with Crippen molar-refractivity contribution in [1.29, 1.82) is 0 Å². The van der Waals surface area contributed by atoms with Crippen molar-refractivity contribution in [3.63, 3.8) is 0 Å². The molecule has 0 aliphatic carbocycles. The lowest BCUT2D eigenvalue weighted by Gasteiger charge is -2.05. The van der Waals surface area contributed by atoms with Crippen LogP contribution >= 0.6 is 0 Å². The number of hydrogen-bond acceptors (Lipinski definition) is 8. The average Bonchev–Trinajstić information content (AvgIpc) is 2.66. The van der Waals surface area contributed by atoms with Crippen molar-refractivity contribution in [2.45, 2.75) is 25.9 Å². The molecule has 2 aromatic carbocycles. The highest BCUT2D eigenvalue weighted by molar-refractivity contribution is 5.31. The fourth-order valence-corrected chi connectivity index (χ4v) is 2.46. The number of phenolic OH excluding ortho intramolecular Hbond substituents is 2. The van der Waals surface area contributed by atoms with Gasteiger partial charge in [-0.2, -0.15) is 0 Å². The average molecular weight is 426 g/mol. The highest BCUT2D eigenvalue weighted by Crippen LogP contribution is 2.14. The SMILES string of the molecule is O=[N+]([O-])[O-].O=[N+]([O-])[O-].Oc1ccccc1C[NH2+]CCCC[NH2+]Cc1ccccc1O. The van der Waals surface area contributed by atoms with E-state index >= 15 is 0 Å². The van der Waals surface area contributed by atoms with E-state index in [0.717, 1.165) is 50.1 Å². The molecule has 0 unspecified atom stereocenters. The predicted octanol–water partition coefficient (Wildman–Crippen LogP) is 0.227. The molecule has 0 fully saturated rings. The molecule has 12 heteroatoms. The second kappa shape index (κ2) is 16.3. The van der Waals surface area contributed by atoms with Crippen molar-refractivity contribution in [1.82, 2.24) is 0 Å². The van der Waals surface area contributed by atoms with Crippen molar-refractivity contribution in [3.05, 3.63) is 90.3 Å². The molecule has 0 radical (unpaired) electrons. The summed E-state index contributed by atoms with van der Waals surface area (Å²) in [6.45, 7) is 3.79. The van der Waals surface area contributed by atoms with E-state index in [-0.39, 0.29) is 0 Å². The predicted molar refractivity (Wildman–Crippen MR) is 107 cm³/mol. The Labute approximate surface area is 172 Å². The number of phenols is 2. The summed E-state index contributed by atoms with van der Waals surface area (Å²) in [5.74, 6) is 0.768. The van der Waals surface area contributed by atoms with Gasteiger partial charge in [-0.05, 0) is 24.3 Å². The molecular weight excluding hydrogens is 400 g/mol.